The molecule has 0 aliphatic heterocycles. The van der Waals surface area contributed by atoms with Crippen molar-refractivity contribution in [3.63, 3.8) is 0 Å². The number of rotatable bonds is 6. The normalized spacial score (nSPS) is 16.7. The Morgan fingerprint density at radius 3 is 2.38 bits per heavy atom. The number of methoxy groups -OCH3 is 1. The van der Waals surface area contributed by atoms with Crippen LogP contribution in [0.5, 0.6) is 0 Å². The van der Waals surface area contributed by atoms with Gasteiger partial charge in [-0.15, -0.1) is 0 Å². The number of anilines is 2. The second-order valence-corrected chi connectivity index (χ2v) is 10.5. The predicted octanol–water partition coefficient (Wildman–Crippen LogP) is 5.35. The fourth-order valence-electron chi connectivity index (χ4n) is 5.59. The molecule has 0 bridgehead atoms. The molecular weight excluding hydrogens is 530 g/mol. The number of imidazole rings is 1. The fourth-order valence-corrected chi connectivity index (χ4v) is 5.59. The first kappa shape index (κ1) is 27.1. The highest BCUT2D eigenvalue weighted by Gasteiger charge is 2.30. The van der Waals surface area contributed by atoms with Crippen LogP contribution in [-0.2, 0) is 14.3 Å². The van der Waals surface area contributed by atoms with Crippen LogP contribution in [0.3, 0.4) is 0 Å². The summed E-state index contributed by atoms with van der Waals surface area (Å²) in [5, 5.41) is 2.97. The molecule has 1 fully saturated rings. The number of nitrogens with two attached hydrogens (primary N) is 1. The number of fused-ring (bicyclic) bond motifs is 1. The number of benzene rings is 1. The highest BCUT2D eigenvalue weighted by Crippen LogP contribution is 2.33. The Kier molecular flexibility index (Phi) is 7.35. The van der Waals surface area contributed by atoms with E-state index in [1.165, 1.54) is 7.11 Å². The van der Waals surface area contributed by atoms with Crippen molar-refractivity contribution in [3.05, 3.63) is 78.6 Å². The summed E-state index contributed by atoms with van der Waals surface area (Å²) >= 11 is 0. The molecule has 212 valence electrons. The number of carbonyl (C=O) groups excluding carboxylic acids is 2. The standard InChI is InChI=1S/C32H31N7O3/c1-19-26(16-17-27(35-19)38-31(40)21-10-12-22(13-11-21)32(41)42-2)39-29(23-9-6-18-34-28(23)33)37-25-15-14-24(36-30(25)39)20-7-4-3-5-8-20/h3-9,14-18,21-22H,10-13H2,1-2H3,(H2,33,34)(H,35,38,40)/t21-,22-. The van der Waals surface area contributed by atoms with Gasteiger partial charge in [-0.05, 0) is 69.0 Å². The van der Waals surface area contributed by atoms with Crippen molar-refractivity contribution >= 4 is 34.7 Å². The minimum absolute atomic E-state index is 0.0935. The average Bonchev–Trinajstić information content (AvgIpc) is 3.39. The molecule has 42 heavy (non-hydrogen) atoms. The van der Waals surface area contributed by atoms with Crippen molar-refractivity contribution in [1.82, 2.24) is 24.5 Å². The lowest BCUT2D eigenvalue weighted by Gasteiger charge is -2.26. The zero-order valence-electron chi connectivity index (χ0n) is 23.4. The predicted molar refractivity (Wildman–Crippen MR) is 161 cm³/mol. The van der Waals surface area contributed by atoms with Crippen LogP contribution in [0.2, 0.25) is 0 Å². The highest BCUT2D eigenvalue weighted by molar-refractivity contribution is 5.92. The highest BCUT2D eigenvalue weighted by atomic mass is 16.5. The molecule has 5 aromatic rings. The van der Waals surface area contributed by atoms with Crippen molar-refractivity contribution in [1.29, 1.82) is 0 Å². The van der Waals surface area contributed by atoms with Gasteiger partial charge in [-0.3, -0.25) is 14.2 Å². The summed E-state index contributed by atoms with van der Waals surface area (Å²) in [6.45, 7) is 1.88. The summed E-state index contributed by atoms with van der Waals surface area (Å²) in [4.78, 5) is 43.8. The Morgan fingerprint density at radius 1 is 0.905 bits per heavy atom. The van der Waals surface area contributed by atoms with E-state index in [-0.39, 0.29) is 23.7 Å². The van der Waals surface area contributed by atoms with Gasteiger partial charge in [0.1, 0.15) is 17.2 Å². The monoisotopic (exact) mass is 561 g/mol. The topological polar surface area (TPSA) is 138 Å². The van der Waals surface area contributed by atoms with Gasteiger partial charge in [0.05, 0.1) is 35.7 Å². The summed E-state index contributed by atoms with van der Waals surface area (Å²) in [6, 6.07) is 21.2. The maximum Gasteiger partial charge on any atom is 0.308 e. The molecule has 0 atom stereocenters. The van der Waals surface area contributed by atoms with Crippen molar-refractivity contribution in [2.45, 2.75) is 32.6 Å². The molecule has 0 radical (unpaired) electrons. The average molecular weight is 562 g/mol. The van der Waals surface area contributed by atoms with Gasteiger partial charge in [0.2, 0.25) is 5.91 Å². The molecular formula is C32H31N7O3. The number of amides is 1. The lowest BCUT2D eigenvalue weighted by molar-refractivity contribution is -0.147. The second kappa shape index (κ2) is 11.4. The Labute approximate surface area is 243 Å². The van der Waals surface area contributed by atoms with Crippen LogP contribution < -0.4 is 11.1 Å². The third-order valence-electron chi connectivity index (χ3n) is 7.84. The van der Waals surface area contributed by atoms with E-state index in [1.54, 1.807) is 12.3 Å². The lowest BCUT2D eigenvalue weighted by atomic mass is 9.81. The second-order valence-electron chi connectivity index (χ2n) is 10.5. The Balaban J connectivity index is 1.35. The Bertz CT molecular complexity index is 1780. The van der Waals surface area contributed by atoms with E-state index in [2.05, 4.69) is 10.3 Å². The Hall–Kier alpha value is -5.12. The molecule has 0 saturated heterocycles. The fraction of sp³-hybridized carbons (Fsp3) is 0.250. The quantitative estimate of drug-likeness (QED) is 0.265. The number of nitrogens with one attached hydrogen (secondary N) is 1. The zero-order valence-corrected chi connectivity index (χ0v) is 23.4. The van der Waals surface area contributed by atoms with E-state index in [0.717, 1.165) is 16.9 Å². The molecule has 1 saturated carbocycles. The molecule has 6 rings (SSSR count). The molecule has 1 aliphatic rings. The summed E-state index contributed by atoms with van der Waals surface area (Å²) in [5.74, 6) is 0.802. The van der Waals surface area contributed by atoms with Crippen LogP contribution >= 0.6 is 0 Å². The van der Waals surface area contributed by atoms with Gasteiger partial charge in [-0.2, -0.15) is 0 Å². The number of nitrogen functional groups attached to an aromatic ring is 1. The SMILES string of the molecule is COC(=O)[C@H]1CC[C@H](C(=O)Nc2ccc(-n3c(-c4cccnc4N)nc4ccc(-c5ccccc5)nc43)c(C)n2)CC1. The smallest absolute Gasteiger partial charge is 0.308 e. The van der Waals surface area contributed by atoms with Crippen LogP contribution in [0.1, 0.15) is 31.4 Å². The van der Waals surface area contributed by atoms with E-state index in [1.807, 2.05) is 72.2 Å². The molecule has 1 aromatic carbocycles. The molecule has 0 spiro atoms. The van der Waals surface area contributed by atoms with E-state index in [4.69, 9.17) is 25.4 Å². The first-order valence-corrected chi connectivity index (χ1v) is 14.0. The van der Waals surface area contributed by atoms with E-state index < -0.39 is 0 Å². The Morgan fingerprint density at radius 2 is 1.67 bits per heavy atom. The molecule has 10 nitrogen and oxygen atoms in total. The summed E-state index contributed by atoms with van der Waals surface area (Å²) in [7, 11) is 1.40. The number of aryl methyl sites for hydroxylation is 1. The minimum atomic E-state index is -0.202. The van der Waals surface area contributed by atoms with Gasteiger partial charge in [-0.25, -0.2) is 19.9 Å². The largest absolute Gasteiger partial charge is 0.469 e. The molecule has 1 amide bonds. The van der Waals surface area contributed by atoms with Gasteiger partial charge in [-0.1, -0.05) is 30.3 Å². The van der Waals surface area contributed by atoms with E-state index in [0.29, 0.717) is 65.6 Å². The zero-order chi connectivity index (χ0) is 29.2. The maximum atomic E-state index is 13.0. The number of hydrogen-bond donors (Lipinski definition) is 2. The molecule has 1 aliphatic carbocycles. The van der Waals surface area contributed by atoms with Gasteiger partial charge in [0, 0.05) is 17.7 Å². The van der Waals surface area contributed by atoms with Crippen molar-refractivity contribution in [3.8, 4) is 28.3 Å². The van der Waals surface area contributed by atoms with E-state index in [9.17, 15) is 9.59 Å². The van der Waals surface area contributed by atoms with Gasteiger partial charge in [0.25, 0.3) is 0 Å². The van der Waals surface area contributed by atoms with Crippen molar-refractivity contribution < 1.29 is 14.3 Å². The lowest BCUT2D eigenvalue weighted by Crippen LogP contribution is -2.30. The third-order valence-corrected chi connectivity index (χ3v) is 7.84. The molecule has 3 N–H and O–H groups in total. The van der Waals surface area contributed by atoms with Crippen LogP contribution in [0.15, 0.2) is 72.9 Å². The maximum absolute atomic E-state index is 13.0. The first-order chi connectivity index (χ1) is 20.4. The number of esters is 1. The first-order valence-electron chi connectivity index (χ1n) is 14.0. The number of carbonyl (C=O) groups is 2. The summed E-state index contributed by atoms with van der Waals surface area (Å²) in [5.41, 5.74) is 11.6. The molecule has 0 unspecified atom stereocenters. The number of ether oxygens (including phenoxy) is 1. The number of aromatic nitrogens is 5. The van der Waals surface area contributed by atoms with Crippen LogP contribution in [0.25, 0.3) is 39.5 Å². The third kappa shape index (κ3) is 5.18. The van der Waals surface area contributed by atoms with Crippen molar-refractivity contribution in [2.75, 3.05) is 18.2 Å². The van der Waals surface area contributed by atoms with Crippen molar-refractivity contribution in [2.24, 2.45) is 11.8 Å². The van der Waals surface area contributed by atoms with Gasteiger partial charge in [0.15, 0.2) is 11.5 Å². The van der Waals surface area contributed by atoms with Crippen LogP contribution in [0, 0.1) is 18.8 Å². The van der Waals surface area contributed by atoms with Gasteiger partial charge < -0.3 is 15.8 Å². The minimum Gasteiger partial charge on any atom is -0.469 e. The summed E-state index contributed by atoms with van der Waals surface area (Å²) in [6.07, 6.45) is 4.19. The number of hydrogen-bond acceptors (Lipinski definition) is 8. The van der Waals surface area contributed by atoms with Crippen LogP contribution in [-0.4, -0.2) is 43.5 Å². The molecule has 4 aromatic heterocycles. The number of pyridine rings is 3. The molecule has 4 heterocycles. The van der Waals surface area contributed by atoms with E-state index >= 15 is 0 Å². The summed E-state index contributed by atoms with van der Waals surface area (Å²) < 4.78 is 6.81. The molecule has 10 heteroatoms. The number of nitrogens with zero attached hydrogens (tertiary/aromatic N) is 5. The van der Waals surface area contributed by atoms with Crippen LogP contribution in [0.4, 0.5) is 11.6 Å². The van der Waals surface area contributed by atoms with Gasteiger partial charge >= 0.3 is 5.97 Å².